The van der Waals surface area contributed by atoms with E-state index in [1.807, 2.05) is 16.7 Å². The van der Waals surface area contributed by atoms with Crippen molar-refractivity contribution in [3.05, 3.63) is 41.2 Å². The van der Waals surface area contributed by atoms with Crippen molar-refractivity contribution in [3.63, 3.8) is 0 Å². The molecule has 1 fully saturated rings. The summed E-state index contributed by atoms with van der Waals surface area (Å²) in [6.45, 7) is 34.1. The van der Waals surface area contributed by atoms with Crippen LogP contribution >= 0.6 is 0 Å². The monoisotopic (exact) mass is 687 g/mol. The van der Waals surface area contributed by atoms with Crippen molar-refractivity contribution in [1.82, 2.24) is 24.5 Å². The molecule has 1 N–H and O–H groups in total. The van der Waals surface area contributed by atoms with Crippen LogP contribution in [0.2, 0.25) is 54.4 Å². The molecule has 0 saturated carbocycles. The lowest BCUT2D eigenvalue weighted by Crippen LogP contribution is -2.54. The fourth-order valence-corrected chi connectivity index (χ4v) is 8.25. The molecule has 4 atom stereocenters. The number of fused-ring (bicyclic) bond motifs is 1. The molecular formula is C33H57N5O5Si3. The Hall–Kier alpha value is -2.01. The molecule has 1 aliphatic heterocycles. The Morgan fingerprint density at radius 3 is 1.87 bits per heavy atom. The fraction of sp³-hybridized carbons (Fsp3) is 0.697. The normalized spacial score (nSPS) is 22.2. The number of aromatic amines is 1. The maximum absolute atomic E-state index is 13.3. The zero-order chi connectivity index (χ0) is 34.7. The van der Waals surface area contributed by atoms with E-state index in [1.54, 1.807) is 18.7 Å². The Morgan fingerprint density at radius 1 is 0.826 bits per heavy atom. The van der Waals surface area contributed by atoms with Crippen molar-refractivity contribution in [2.45, 2.75) is 141 Å². The Morgan fingerprint density at radius 2 is 1.35 bits per heavy atom. The van der Waals surface area contributed by atoms with Crippen LogP contribution in [0.25, 0.3) is 22.6 Å². The summed E-state index contributed by atoms with van der Waals surface area (Å²) in [5, 5.41) is -0.0597. The van der Waals surface area contributed by atoms with Gasteiger partial charge in [-0.15, -0.1) is 0 Å². The van der Waals surface area contributed by atoms with E-state index in [2.05, 4.69) is 117 Å². The molecule has 3 aromatic heterocycles. The van der Waals surface area contributed by atoms with E-state index in [0.717, 1.165) is 5.56 Å². The molecule has 0 bridgehead atoms. The highest BCUT2D eigenvalue weighted by Gasteiger charge is 2.55. The SMILES string of the molecule is CC(C)(C)[Si](C)(C)OCC1OC(n2cnc3c(=O)[nH]c(-c4ccncc4)nc32)C(O[Si](C)(C)C(C)(C)C)C1O[Si](C)(C)C(C)(C)C. The third-order valence-corrected chi connectivity index (χ3v) is 24.3. The molecule has 0 aliphatic carbocycles. The molecule has 0 radical (unpaired) electrons. The van der Waals surface area contributed by atoms with Crippen LogP contribution < -0.4 is 5.56 Å². The van der Waals surface area contributed by atoms with Crippen LogP contribution in [0.4, 0.5) is 0 Å². The van der Waals surface area contributed by atoms with E-state index in [-0.39, 0.29) is 26.2 Å². The summed E-state index contributed by atoms with van der Waals surface area (Å²) in [7, 11) is -6.78. The number of H-pyrrole nitrogens is 1. The standard InChI is InChI=1S/C33H57N5O5Si3/c1-31(2,3)44(10,11)40-20-23-25(42-45(12,13)32(4,5)6)26(43-46(14,15)33(7,8)9)30(41-23)38-21-35-24-28(38)36-27(37-29(24)39)22-16-18-34-19-17-22/h16-19,21,23,25-26,30H,20H2,1-15H3,(H,36,37,39). The maximum atomic E-state index is 13.3. The number of rotatable bonds is 9. The molecule has 13 heteroatoms. The average Bonchev–Trinajstić information content (AvgIpc) is 3.47. The van der Waals surface area contributed by atoms with Gasteiger partial charge in [0, 0.05) is 18.0 Å². The first-order chi connectivity index (χ1) is 20.9. The Bertz CT molecular complexity index is 1570. The highest BCUT2D eigenvalue weighted by molar-refractivity contribution is 6.75. The third kappa shape index (κ3) is 7.35. The minimum absolute atomic E-state index is 0.0343. The van der Waals surface area contributed by atoms with Crippen molar-refractivity contribution in [1.29, 1.82) is 0 Å². The Balaban J connectivity index is 1.89. The van der Waals surface area contributed by atoms with Crippen molar-refractivity contribution < 1.29 is 18.0 Å². The van der Waals surface area contributed by atoms with Crippen LogP contribution in [-0.2, 0) is 18.0 Å². The second-order valence-electron chi connectivity index (χ2n) is 17.3. The van der Waals surface area contributed by atoms with Crippen molar-refractivity contribution >= 4 is 36.1 Å². The van der Waals surface area contributed by atoms with Crippen molar-refractivity contribution in [3.8, 4) is 11.4 Å². The minimum Gasteiger partial charge on any atom is -0.414 e. The molecule has 0 aromatic carbocycles. The summed E-state index contributed by atoms with van der Waals surface area (Å²) in [6.07, 6.45) is 3.08. The predicted octanol–water partition coefficient (Wildman–Crippen LogP) is 7.88. The quantitative estimate of drug-likeness (QED) is 0.226. The van der Waals surface area contributed by atoms with Gasteiger partial charge in [0.1, 0.15) is 24.1 Å². The molecule has 1 aliphatic rings. The smallest absolute Gasteiger partial charge is 0.279 e. The second kappa shape index (κ2) is 12.5. The number of imidazole rings is 1. The van der Waals surface area contributed by atoms with Crippen LogP contribution in [0.1, 0.15) is 68.5 Å². The largest absolute Gasteiger partial charge is 0.414 e. The van der Waals surface area contributed by atoms with Gasteiger partial charge >= 0.3 is 0 Å². The lowest BCUT2D eigenvalue weighted by Gasteiger charge is -2.44. The van der Waals surface area contributed by atoms with Gasteiger partial charge in [-0.2, -0.15) is 0 Å². The molecule has 1 saturated heterocycles. The predicted molar refractivity (Wildman–Crippen MR) is 193 cm³/mol. The Kier molecular flexibility index (Phi) is 9.98. The van der Waals surface area contributed by atoms with Gasteiger partial charge in [0.25, 0.3) is 5.56 Å². The van der Waals surface area contributed by atoms with Gasteiger partial charge in [-0.3, -0.25) is 14.3 Å². The first-order valence-corrected chi connectivity index (χ1v) is 25.1. The van der Waals surface area contributed by atoms with Crippen LogP contribution in [0.15, 0.2) is 35.6 Å². The van der Waals surface area contributed by atoms with Gasteiger partial charge in [-0.25, -0.2) is 9.97 Å². The summed E-state index contributed by atoms with van der Waals surface area (Å²) in [5.74, 6) is 0.438. The highest BCUT2D eigenvalue weighted by atomic mass is 28.4. The lowest BCUT2D eigenvalue weighted by molar-refractivity contribution is -0.0470. The van der Waals surface area contributed by atoms with Crippen LogP contribution in [0.3, 0.4) is 0 Å². The number of ether oxygens (including phenoxy) is 1. The van der Waals surface area contributed by atoms with Crippen LogP contribution in [0, 0.1) is 0 Å². The van der Waals surface area contributed by atoms with Gasteiger partial charge in [-0.1, -0.05) is 62.3 Å². The van der Waals surface area contributed by atoms with Crippen molar-refractivity contribution in [2.75, 3.05) is 6.61 Å². The molecule has 0 amide bonds. The van der Waals surface area contributed by atoms with Gasteiger partial charge in [0.05, 0.1) is 12.9 Å². The first kappa shape index (κ1) is 36.8. The summed E-state index contributed by atoms with van der Waals surface area (Å²) >= 11 is 0. The second-order valence-corrected chi connectivity index (χ2v) is 31.6. The van der Waals surface area contributed by atoms with E-state index < -0.39 is 49.5 Å². The van der Waals surface area contributed by atoms with E-state index in [9.17, 15) is 4.79 Å². The zero-order valence-electron chi connectivity index (χ0n) is 30.7. The zero-order valence-corrected chi connectivity index (χ0v) is 33.7. The average molecular weight is 688 g/mol. The summed E-state index contributed by atoms with van der Waals surface area (Å²) in [5.41, 5.74) is 1.11. The summed E-state index contributed by atoms with van der Waals surface area (Å²) < 4.78 is 30.2. The molecule has 0 spiro atoms. The topological polar surface area (TPSA) is 113 Å². The number of aromatic nitrogens is 5. The van der Waals surface area contributed by atoms with Crippen molar-refractivity contribution in [2.24, 2.45) is 0 Å². The first-order valence-electron chi connectivity index (χ1n) is 16.4. The van der Waals surface area contributed by atoms with Crippen LogP contribution in [-0.4, -0.2) is 74.4 Å². The van der Waals surface area contributed by atoms with Crippen LogP contribution in [0.5, 0.6) is 0 Å². The molecule has 3 aromatic rings. The third-order valence-electron chi connectivity index (χ3n) is 10.8. The Labute approximate surface area is 278 Å². The minimum atomic E-state index is -2.35. The molecule has 10 nitrogen and oxygen atoms in total. The molecule has 256 valence electrons. The molecule has 4 rings (SSSR count). The van der Waals surface area contributed by atoms with E-state index >= 15 is 0 Å². The highest BCUT2D eigenvalue weighted by Crippen LogP contribution is 2.47. The molecule has 4 heterocycles. The maximum Gasteiger partial charge on any atom is 0.279 e. The van der Waals surface area contributed by atoms with E-state index in [0.29, 0.717) is 18.1 Å². The number of nitrogens with one attached hydrogen (secondary N) is 1. The van der Waals surface area contributed by atoms with Gasteiger partial charge < -0.3 is 23.0 Å². The lowest BCUT2D eigenvalue weighted by atomic mass is 10.1. The van der Waals surface area contributed by atoms with Gasteiger partial charge in [0.15, 0.2) is 42.3 Å². The van der Waals surface area contributed by atoms with Gasteiger partial charge in [0.2, 0.25) is 0 Å². The molecule has 4 unspecified atom stereocenters. The summed E-state index contributed by atoms with van der Waals surface area (Å²) in [6, 6.07) is 3.63. The van der Waals surface area contributed by atoms with Gasteiger partial charge in [-0.05, 0) is 66.5 Å². The summed E-state index contributed by atoms with van der Waals surface area (Å²) in [4.78, 5) is 29.7. The molecular weight excluding hydrogens is 631 g/mol. The molecule has 46 heavy (non-hydrogen) atoms. The number of nitrogens with zero attached hydrogens (tertiary/aromatic N) is 4. The number of hydrogen-bond acceptors (Lipinski definition) is 8. The van der Waals surface area contributed by atoms with E-state index in [4.69, 9.17) is 23.0 Å². The fourth-order valence-electron chi connectivity index (χ4n) is 4.63. The van der Waals surface area contributed by atoms with E-state index in [1.165, 1.54) is 0 Å². The number of hydrogen-bond donors (Lipinski definition) is 1. The number of pyridine rings is 1.